The van der Waals surface area contributed by atoms with E-state index in [1.165, 1.54) is 0 Å². The first-order valence-corrected chi connectivity index (χ1v) is 16.7. The third-order valence-corrected chi connectivity index (χ3v) is 9.20. The summed E-state index contributed by atoms with van der Waals surface area (Å²) in [6, 6.07) is 20.6. The van der Waals surface area contributed by atoms with Crippen molar-refractivity contribution in [2.75, 3.05) is 66.1 Å². The van der Waals surface area contributed by atoms with Gasteiger partial charge in [0.1, 0.15) is 17.3 Å². The summed E-state index contributed by atoms with van der Waals surface area (Å²) >= 11 is 5.97. The van der Waals surface area contributed by atoms with E-state index in [-0.39, 0.29) is 28.7 Å². The van der Waals surface area contributed by atoms with Crippen LogP contribution in [0.1, 0.15) is 25.2 Å². The van der Waals surface area contributed by atoms with Crippen molar-refractivity contribution < 1.29 is 23.5 Å². The minimum Gasteiger partial charge on any atom is -0.489 e. The predicted octanol–water partition coefficient (Wildman–Crippen LogP) is 4.53. The molecule has 2 aliphatic rings. The Kier molecular flexibility index (Phi) is 10.2. The highest BCUT2D eigenvalue weighted by atomic mass is 35.5. The molecule has 47 heavy (non-hydrogen) atoms. The lowest BCUT2D eigenvalue weighted by Crippen LogP contribution is -2.61. The van der Waals surface area contributed by atoms with Crippen LogP contribution in [0.3, 0.4) is 0 Å². The highest BCUT2D eigenvalue weighted by molar-refractivity contribution is 6.30. The minimum absolute atomic E-state index is 0.00986. The van der Waals surface area contributed by atoms with E-state index < -0.39 is 0 Å². The van der Waals surface area contributed by atoms with Crippen molar-refractivity contribution in [2.45, 2.75) is 33.0 Å². The second-order valence-electron chi connectivity index (χ2n) is 12.8. The van der Waals surface area contributed by atoms with Crippen LogP contribution in [0.4, 0.5) is 0 Å². The number of ether oxygens (including phenoxy) is 3. The van der Waals surface area contributed by atoms with E-state index in [2.05, 4.69) is 21.9 Å². The normalized spacial score (nSPS) is 17.2. The van der Waals surface area contributed by atoms with E-state index in [4.69, 9.17) is 30.8 Å². The average molecular weight is 661 g/mol. The van der Waals surface area contributed by atoms with Crippen molar-refractivity contribution in [2.24, 2.45) is 0 Å². The van der Waals surface area contributed by atoms with Gasteiger partial charge in [-0.2, -0.15) is 0 Å². The van der Waals surface area contributed by atoms with Gasteiger partial charge >= 0.3 is 5.91 Å². The minimum atomic E-state index is -0.132. The molecule has 0 radical (unpaired) electrons. The molecule has 0 N–H and O–H groups in total. The van der Waals surface area contributed by atoms with Gasteiger partial charge in [0.05, 0.1) is 62.6 Å². The van der Waals surface area contributed by atoms with Crippen LogP contribution in [-0.4, -0.2) is 102 Å². The second kappa shape index (κ2) is 14.5. The van der Waals surface area contributed by atoms with Crippen molar-refractivity contribution in [3.8, 4) is 17.2 Å². The molecule has 0 spiro atoms. The number of carbonyl (C=O) groups is 1. The SMILES string of the molecule is CC(C)Oc1cc(CN2CCOCC2)ccc1-n1c(CN2CC[N+](C)(C(=O)COc3ccc(Cl)cc3)CC2)nc2ccccc2c1=O. The number of amides is 1. The summed E-state index contributed by atoms with van der Waals surface area (Å²) in [5.74, 6) is 1.92. The summed E-state index contributed by atoms with van der Waals surface area (Å²) in [7, 11) is 1.96. The average Bonchev–Trinajstić information content (AvgIpc) is 3.06. The van der Waals surface area contributed by atoms with Gasteiger partial charge in [-0.25, -0.2) is 9.78 Å². The topological polar surface area (TPSA) is 86.1 Å². The maximum atomic E-state index is 14.2. The van der Waals surface area contributed by atoms with Crippen LogP contribution in [0.15, 0.2) is 71.5 Å². The molecule has 2 aliphatic heterocycles. The fourth-order valence-corrected chi connectivity index (χ4v) is 6.25. The van der Waals surface area contributed by atoms with Gasteiger partial charge in [-0.3, -0.25) is 23.6 Å². The van der Waals surface area contributed by atoms with Gasteiger partial charge in [0, 0.05) is 37.7 Å². The maximum Gasteiger partial charge on any atom is 0.351 e. The summed E-state index contributed by atoms with van der Waals surface area (Å²) in [4.78, 5) is 37.1. The molecule has 10 nitrogen and oxygen atoms in total. The van der Waals surface area contributed by atoms with Crippen LogP contribution in [0.25, 0.3) is 16.6 Å². The number of hydrogen-bond acceptors (Lipinski definition) is 8. The first-order valence-electron chi connectivity index (χ1n) is 16.3. The van der Waals surface area contributed by atoms with Crippen molar-refractivity contribution in [1.82, 2.24) is 19.4 Å². The number of fused-ring (bicyclic) bond motifs is 1. The van der Waals surface area contributed by atoms with Gasteiger partial charge < -0.3 is 14.2 Å². The molecule has 0 atom stereocenters. The van der Waals surface area contributed by atoms with Crippen molar-refractivity contribution in [1.29, 1.82) is 0 Å². The van der Waals surface area contributed by atoms with E-state index >= 15 is 0 Å². The van der Waals surface area contributed by atoms with Crippen molar-refractivity contribution in [3.63, 3.8) is 0 Å². The van der Waals surface area contributed by atoms with Crippen LogP contribution in [0, 0.1) is 0 Å². The summed E-state index contributed by atoms with van der Waals surface area (Å²) in [6.07, 6.45) is -0.0845. The number of para-hydroxylation sites is 1. The van der Waals surface area contributed by atoms with E-state index in [1.807, 2.05) is 51.2 Å². The number of quaternary nitrogens is 1. The third-order valence-electron chi connectivity index (χ3n) is 8.95. The molecule has 11 heteroatoms. The highest BCUT2D eigenvalue weighted by Gasteiger charge is 2.36. The lowest BCUT2D eigenvalue weighted by molar-refractivity contribution is -0.840. The Morgan fingerprint density at radius 1 is 0.957 bits per heavy atom. The quantitative estimate of drug-likeness (QED) is 0.230. The first kappa shape index (κ1) is 33.1. The number of halogens is 1. The molecule has 0 aliphatic carbocycles. The third kappa shape index (κ3) is 7.85. The Balaban J connectivity index is 1.24. The van der Waals surface area contributed by atoms with E-state index in [0.717, 1.165) is 38.4 Å². The molecule has 3 aromatic carbocycles. The van der Waals surface area contributed by atoms with Gasteiger partial charge in [0.2, 0.25) is 6.61 Å². The fraction of sp³-hybridized carbons (Fsp3) is 0.417. The summed E-state index contributed by atoms with van der Waals surface area (Å²) < 4.78 is 19.6. The molecule has 2 fully saturated rings. The Morgan fingerprint density at radius 2 is 1.66 bits per heavy atom. The predicted molar refractivity (Wildman–Crippen MR) is 182 cm³/mol. The van der Waals surface area contributed by atoms with Gasteiger partial charge in [0.15, 0.2) is 0 Å². The van der Waals surface area contributed by atoms with E-state index in [9.17, 15) is 9.59 Å². The summed E-state index contributed by atoms with van der Waals surface area (Å²) in [5.41, 5.74) is 2.32. The zero-order valence-electron chi connectivity index (χ0n) is 27.4. The summed E-state index contributed by atoms with van der Waals surface area (Å²) in [5, 5.41) is 1.17. The molecule has 1 aromatic heterocycles. The lowest BCUT2D eigenvalue weighted by atomic mass is 10.1. The molecule has 0 saturated carbocycles. The molecule has 248 valence electrons. The Morgan fingerprint density at radius 3 is 2.38 bits per heavy atom. The van der Waals surface area contributed by atoms with Gasteiger partial charge in [-0.15, -0.1) is 0 Å². The largest absolute Gasteiger partial charge is 0.489 e. The number of rotatable bonds is 10. The van der Waals surface area contributed by atoms with Crippen molar-refractivity contribution in [3.05, 3.63) is 93.5 Å². The molecular formula is C36H43ClN5O5+. The van der Waals surface area contributed by atoms with E-state index in [1.54, 1.807) is 28.8 Å². The molecular weight excluding hydrogens is 618 g/mol. The Hall–Kier alpha value is -3.80. The molecule has 4 aromatic rings. The number of morpholine rings is 1. The van der Waals surface area contributed by atoms with Crippen LogP contribution in [0.5, 0.6) is 11.5 Å². The van der Waals surface area contributed by atoms with Crippen LogP contribution >= 0.6 is 11.6 Å². The zero-order valence-corrected chi connectivity index (χ0v) is 28.1. The fourth-order valence-electron chi connectivity index (χ4n) is 6.13. The molecule has 0 unspecified atom stereocenters. The number of hydrogen-bond donors (Lipinski definition) is 0. The van der Waals surface area contributed by atoms with Crippen molar-refractivity contribution >= 4 is 28.4 Å². The van der Waals surface area contributed by atoms with Gasteiger partial charge in [-0.05, 0) is 67.9 Å². The number of likely N-dealkylation sites (N-methyl/N-ethyl adjacent to an activating group) is 1. The number of piperazine rings is 1. The monoisotopic (exact) mass is 660 g/mol. The van der Waals surface area contributed by atoms with Crippen LogP contribution in [-0.2, 0) is 22.6 Å². The molecule has 6 rings (SSSR count). The lowest BCUT2D eigenvalue weighted by Gasteiger charge is -2.39. The smallest absolute Gasteiger partial charge is 0.351 e. The maximum absolute atomic E-state index is 14.2. The standard InChI is InChI=1S/C36H43ClN5O5/c1-26(2)47-33-22-27(23-40-16-20-45-21-17-40)8-13-32(33)41-34(38-31-7-5-4-6-30(31)36(41)44)24-39-14-18-42(3,19-15-39)35(43)25-46-29-11-9-28(37)10-12-29/h4-13,22,26H,14-21,23-25H2,1-3H3/q+1. The number of carbonyl (C=O) groups excluding carboxylic acids is 1. The first-order chi connectivity index (χ1) is 22.7. The second-order valence-corrected chi connectivity index (χ2v) is 13.2. The Labute approximate surface area is 280 Å². The Bertz CT molecular complexity index is 1760. The highest BCUT2D eigenvalue weighted by Crippen LogP contribution is 2.28. The molecule has 0 bridgehead atoms. The number of nitrogens with zero attached hydrogens (tertiary/aromatic N) is 5. The number of aromatic nitrogens is 2. The molecule has 1 amide bonds. The summed E-state index contributed by atoms with van der Waals surface area (Å²) in [6.45, 7) is 11.0. The van der Waals surface area contributed by atoms with Crippen LogP contribution in [0.2, 0.25) is 5.02 Å². The van der Waals surface area contributed by atoms with Gasteiger partial charge in [-0.1, -0.05) is 29.8 Å². The number of benzene rings is 3. The molecule has 2 saturated heterocycles. The van der Waals surface area contributed by atoms with Gasteiger partial charge in [0.25, 0.3) is 5.56 Å². The van der Waals surface area contributed by atoms with Crippen LogP contribution < -0.4 is 15.0 Å². The molecule has 3 heterocycles. The zero-order chi connectivity index (χ0) is 33.0. The van der Waals surface area contributed by atoms with E-state index in [0.29, 0.717) is 71.7 Å².